The molecule has 2 rings (SSSR count). The first-order valence-electron chi connectivity index (χ1n) is 7.03. The van der Waals surface area contributed by atoms with Gasteiger partial charge in [-0.1, -0.05) is 6.92 Å². The number of likely N-dealkylation sites (N-methyl/N-ethyl adjacent to an activating group) is 1. The quantitative estimate of drug-likeness (QED) is 0.768. The van der Waals surface area contributed by atoms with Crippen LogP contribution in [0.15, 0.2) is 0 Å². The fourth-order valence-corrected chi connectivity index (χ4v) is 2.80. The van der Waals surface area contributed by atoms with Gasteiger partial charge in [0.1, 0.15) is 6.10 Å². The Morgan fingerprint density at radius 1 is 1.37 bits per heavy atom. The van der Waals surface area contributed by atoms with Crippen LogP contribution in [0.4, 0.5) is 8.78 Å². The molecule has 110 valence electrons. The smallest absolute Gasteiger partial charge is 0.377 e. The Labute approximate surface area is 112 Å². The second-order valence-electron chi connectivity index (χ2n) is 5.48. The summed E-state index contributed by atoms with van der Waals surface area (Å²) in [6, 6.07) is 0. The predicted octanol–water partition coefficient (Wildman–Crippen LogP) is 1.26. The van der Waals surface area contributed by atoms with E-state index in [1.807, 2.05) is 6.92 Å². The van der Waals surface area contributed by atoms with Crippen LogP contribution in [0.3, 0.4) is 0 Å². The van der Waals surface area contributed by atoms with Crippen molar-refractivity contribution in [1.82, 2.24) is 10.2 Å². The lowest BCUT2D eigenvalue weighted by Gasteiger charge is -2.30. The number of hydrogen-bond donors (Lipinski definition) is 1. The summed E-state index contributed by atoms with van der Waals surface area (Å²) in [5.74, 6) is -4.05. The summed E-state index contributed by atoms with van der Waals surface area (Å²) in [4.78, 5) is 13.1. The molecular weight excluding hydrogens is 254 g/mol. The van der Waals surface area contributed by atoms with Gasteiger partial charge in [0.25, 0.3) is 0 Å². The summed E-state index contributed by atoms with van der Waals surface area (Å²) < 4.78 is 31.0. The molecule has 0 amide bonds. The molecule has 1 N–H and O–H groups in total. The molecule has 4 nitrogen and oxygen atoms in total. The molecule has 2 aliphatic heterocycles. The zero-order valence-corrected chi connectivity index (χ0v) is 11.3. The topological polar surface area (TPSA) is 41.6 Å². The molecule has 0 aromatic carbocycles. The maximum atomic E-state index is 13.1. The third-order valence-corrected chi connectivity index (χ3v) is 3.94. The number of piperidine rings is 1. The van der Waals surface area contributed by atoms with Gasteiger partial charge in [-0.2, -0.15) is 8.78 Å². The van der Waals surface area contributed by atoms with Gasteiger partial charge < -0.3 is 10.1 Å². The molecule has 19 heavy (non-hydrogen) atoms. The zero-order valence-electron chi connectivity index (χ0n) is 11.3. The second kappa shape index (κ2) is 6.13. The van der Waals surface area contributed by atoms with Crippen LogP contribution < -0.4 is 5.32 Å². The fourth-order valence-electron chi connectivity index (χ4n) is 2.80. The number of ether oxygens (including phenoxy) is 1. The summed E-state index contributed by atoms with van der Waals surface area (Å²) >= 11 is 0. The van der Waals surface area contributed by atoms with Crippen molar-refractivity contribution in [2.24, 2.45) is 5.92 Å². The molecule has 2 saturated heterocycles. The van der Waals surface area contributed by atoms with Crippen LogP contribution in [0.1, 0.15) is 26.2 Å². The maximum Gasteiger partial charge on any atom is 0.377 e. The van der Waals surface area contributed by atoms with E-state index in [4.69, 9.17) is 4.74 Å². The van der Waals surface area contributed by atoms with Crippen molar-refractivity contribution in [3.05, 3.63) is 0 Å². The van der Waals surface area contributed by atoms with Crippen molar-refractivity contribution >= 4 is 5.97 Å². The first-order chi connectivity index (χ1) is 9.01. The molecule has 2 aliphatic rings. The Kier molecular flexibility index (Phi) is 4.73. The van der Waals surface area contributed by atoms with Gasteiger partial charge in [-0.3, -0.25) is 4.90 Å². The highest BCUT2D eigenvalue weighted by molar-refractivity contribution is 5.79. The Balaban J connectivity index is 1.80. The molecule has 6 heteroatoms. The number of esters is 1. The van der Waals surface area contributed by atoms with Gasteiger partial charge in [-0.05, 0) is 38.4 Å². The Morgan fingerprint density at radius 3 is 2.58 bits per heavy atom. The summed E-state index contributed by atoms with van der Waals surface area (Å²) in [6.45, 7) is 6.18. The molecule has 0 aromatic heterocycles. The molecular formula is C13H22F2N2O2. The van der Waals surface area contributed by atoms with Crippen LogP contribution >= 0.6 is 0 Å². The lowest BCUT2D eigenvalue weighted by molar-refractivity contribution is -0.159. The number of alkyl halides is 2. The number of halogens is 2. The van der Waals surface area contributed by atoms with E-state index in [0.717, 1.165) is 39.0 Å². The van der Waals surface area contributed by atoms with E-state index in [0.29, 0.717) is 12.5 Å². The van der Waals surface area contributed by atoms with E-state index in [1.54, 1.807) is 0 Å². The Hall–Kier alpha value is -0.750. The second-order valence-corrected chi connectivity index (χ2v) is 5.48. The highest BCUT2D eigenvalue weighted by Gasteiger charge is 2.50. The largest absolute Gasteiger partial charge is 0.456 e. The fraction of sp³-hybridized carbons (Fsp3) is 0.923. The Morgan fingerprint density at radius 2 is 2.05 bits per heavy atom. The summed E-state index contributed by atoms with van der Waals surface area (Å²) in [5, 5.41) is 3.31. The standard InChI is InChI=1S/C13H22F2N2O2/c1-2-17(8-10-3-5-16-6-4-10)9-11-7-13(14,15)12(18)19-11/h10-11,16H,2-9H2,1H3. The van der Waals surface area contributed by atoms with Crippen molar-refractivity contribution in [2.45, 2.75) is 38.2 Å². The summed E-state index contributed by atoms with van der Waals surface area (Å²) in [5.41, 5.74) is 0. The first-order valence-corrected chi connectivity index (χ1v) is 7.03. The minimum Gasteiger partial charge on any atom is -0.456 e. The highest BCUT2D eigenvalue weighted by atomic mass is 19.3. The minimum atomic E-state index is -3.29. The van der Waals surface area contributed by atoms with Crippen LogP contribution in [-0.2, 0) is 9.53 Å². The molecule has 2 heterocycles. The van der Waals surface area contributed by atoms with Gasteiger partial charge >= 0.3 is 11.9 Å². The third-order valence-electron chi connectivity index (χ3n) is 3.94. The number of nitrogens with one attached hydrogen (secondary N) is 1. The first kappa shape index (κ1) is 14.7. The van der Waals surface area contributed by atoms with Gasteiger partial charge in [0.15, 0.2) is 0 Å². The molecule has 0 spiro atoms. The maximum absolute atomic E-state index is 13.1. The molecule has 0 bridgehead atoms. The number of carbonyl (C=O) groups is 1. The highest BCUT2D eigenvalue weighted by Crippen LogP contribution is 2.31. The van der Waals surface area contributed by atoms with E-state index in [1.165, 1.54) is 0 Å². The van der Waals surface area contributed by atoms with Crippen molar-refractivity contribution in [3.8, 4) is 0 Å². The van der Waals surface area contributed by atoms with E-state index in [9.17, 15) is 13.6 Å². The van der Waals surface area contributed by atoms with Gasteiger partial charge in [0.2, 0.25) is 0 Å². The number of cyclic esters (lactones) is 1. The summed E-state index contributed by atoms with van der Waals surface area (Å²) in [6.07, 6.45) is 1.10. The van der Waals surface area contributed by atoms with Gasteiger partial charge in [-0.25, -0.2) is 4.79 Å². The molecule has 0 radical (unpaired) electrons. The SMILES string of the molecule is CCN(CC1CCNCC1)CC1CC(F)(F)C(=O)O1. The third kappa shape index (κ3) is 3.86. The van der Waals surface area contributed by atoms with Crippen molar-refractivity contribution in [3.63, 3.8) is 0 Å². The van der Waals surface area contributed by atoms with Crippen molar-refractivity contribution < 1.29 is 18.3 Å². The average molecular weight is 276 g/mol. The minimum absolute atomic E-state index is 0.418. The van der Waals surface area contributed by atoms with Crippen LogP contribution in [0, 0.1) is 5.92 Å². The Bertz CT molecular complexity index is 320. The number of nitrogens with zero attached hydrogens (tertiary/aromatic N) is 1. The van der Waals surface area contributed by atoms with Gasteiger partial charge in [-0.15, -0.1) is 0 Å². The van der Waals surface area contributed by atoms with E-state index < -0.39 is 24.4 Å². The van der Waals surface area contributed by atoms with Crippen LogP contribution in [0.5, 0.6) is 0 Å². The van der Waals surface area contributed by atoms with Crippen molar-refractivity contribution in [2.75, 3.05) is 32.7 Å². The molecule has 0 saturated carbocycles. The average Bonchev–Trinajstić information content (AvgIpc) is 2.63. The van der Waals surface area contributed by atoms with Gasteiger partial charge in [0.05, 0.1) is 6.42 Å². The molecule has 2 fully saturated rings. The van der Waals surface area contributed by atoms with E-state index >= 15 is 0 Å². The monoisotopic (exact) mass is 276 g/mol. The predicted molar refractivity (Wildman–Crippen MR) is 67.2 cm³/mol. The summed E-state index contributed by atoms with van der Waals surface area (Å²) in [7, 11) is 0. The van der Waals surface area contributed by atoms with E-state index in [-0.39, 0.29) is 0 Å². The molecule has 0 aliphatic carbocycles. The van der Waals surface area contributed by atoms with Crippen LogP contribution in [0.2, 0.25) is 0 Å². The van der Waals surface area contributed by atoms with Crippen LogP contribution in [-0.4, -0.2) is 55.6 Å². The number of hydrogen-bond acceptors (Lipinski definition) is 4. The number of carbonyl (C=O) groups excluding carboxylic acids is 1. The number of rotatable bonds is 5. The molecule has 0 aromatic rings. The lowest BCUT2D eigenvalue weighted by Crippen LogP contribution is -2.39. The lowest BCUT2D eigenvalue weighted by atomic mass is 9.97. The molecule has 1 unspecified atom stereocenters. The van der Waals surface area contributed by atoms with Crippen molar-refractivity contribution in [1.29, 1.82) is 0 Å². The normalized spacial score (nSPS) is 27.8. The van der Waals surface area contributed by atoms with E-state index in [2.05, 4.69) is 10.2 Å². The van der Waals surface area contributed by atoms with Crippen LogP contribution in [0.25, 0.3) is 0 Å². The zero-order chi connectivity index (χ0) is 13.9. The van der Waals surface area contributed by atoms with Gasteiger partial charge in [0, 0.05) is 13.1 Å². The molecule has 1 atom stereocenters.